The molecule has 0 aliphatic carbocycles. The van der Waals surface area contributed by atoms with Crippen molar-refractivity contribution < 1.29 is 4.74 Å². The molecule has 0 saturated heterocycles. The molecule has 15 heavy (non-hydrogen) atoms. The Hall–Kier alpha value is -0.870. The first kappa shape index (κ1) is 12.2. The van der Waals surface area contributed by atoms with Gasteiger partial charge in [-0.25, -0.2) is 4.98 Å². The van der Waals surface area contributed by atoms with E-state index in [2.05, 4.69) is 17.2 Å². The van der Waals surface area contributed by atoms with E-state index in [0.717, 1.165) is 32.0 Å². The lowest BCUT2D eigenvalue weighted by molar-refractivity contribution is 0.144. The molecule has 0 amide bonds. The second-order valence-electron chi connectivity index (χ2n) is 3.62. The molecule has 0 fully saturated rings. The molecule has 1 atom stereocenters. The number of hydrogen-bond acceptors (Lipinski definition) is 3. The topological polar surface area (TPSA) is 39.1 Å². The number of aromatic nitrogens is 2. The van der Waals surface area contributed by atoms with E-state index in [-0.39, 0.29) is 0 Å². The van der Waals surface area contributed by atoms with Crippen molar-refractivity contribution in [1.29, 1.82) is 0 Å². The minimum atomic E-state index is 0.298. The molecule has 0 saturated carbocycles. The molecular weight excluding hydrogens is 190 g/mol. The molecule has 0 spiro atoms. The number of hydrogen-bond donors (Lipinski definition) is 1. The Bertz CT molecular complexity index is 273. The summed E-state index contributed by atoms with van der Waals surface area (Å²) < 4.78 is 7.31. The van der Waals surface area contributed by atoms with Crippen molar-refractivity contribution in [3.63, 3.8) is 0 Å². The van der Waals surface area contributed by atoms with E-state index in [1.165, 1.54) is 0 Å². The van der Waals surface area contributed by atoms with Crippen LogP contribution in [0.4, 0.5) is 0 Å². The maximum absolute atomic E-state index is 5.27. The first-order valence-corrected chi connectivity index (χ1v) is 5.54. The van der Waals surface area contributed by atoms with E-state index in [0.29, 0.717) is 6.04 Å². The van der Waals surface area contributed by atoms with Gasteiger partial charge in [0.15, 0.2) is 0 Å². The van der Waals surface area contributed by atoms with Gasteiger partial charge in [0, 0.05) is 32.7 Å². The van der Waals surface area contributed by atoms with E-state index >= 15 is 0 Å². The highest BCUT2D eigenvalue weighted by atomic mass is 16.5. The minimum absolute atomic E-state index is 0.298. The predicted molar refractivity (Wildman–Crippen MR) is 60.7 cm³/mol. The molecule has 1 aromatic rings. The standard InChI is InChI=1S/C11H21N3O/c1-4-15-9-5-6-12-10(2)11-13-7-8-14(11)3/h7-8,10,12H,4-6,9H2,1-3H3. The second-order valence-corrected chi connectivity index (χ2v) is 3.62. The van der Waals surface area contributed by atoms with Crippen LogP contribution < -0.4 is 5.32 Å². The van der Waals surface area contributed by atoms with Crippen LogP contribution in [0.5, 0.6) is 0 Å². The van der Waals surface area contributed by atoms with Crippen LogP contribution in [-0.2, 0) is 11.8 Å². The number of nitrogens with zero attached hydrogens (tertiary/aromatic N) is 2. The maximum Gasteiger partial charge on any atom is 0.125 e. The van der Waals surface area contributed by atoms with Gasteiger partial charge in [0.2, 0.25) is 0 Å². The van der Waals surface area contributed by atoms with E-state index in [1.54, 1.807) is 0 Å². The van der Waals surface area contributed by atoms with Crippen LogP contribution >= 0.6 is 0 Å². The van der Waals surface area contributed by atoms with Gasteiger partial charge in [-0.15, -0.1) is 0 Å². The third kappa shape index (κ3) is 4.01. The molecule has 4 nitrogen and oxygen atoms in total. The Kier molecular flexibility index (Phi) is 5.36. The molecule has 0 aromatic carbocycles. The predicted octanol–water partition coefficient (Wildman–Crippen LogP) is 1.50. The highest BCUT2D eigenvalue weighted by Crippen LogP contribution is 2.07. The van der Waals surface area contributed by atoms with Crippen LogP contribution in [0.2, 0.25) is 0 Å². The maximum atomic E-state index is 5.27. The zero-order valence-corrected chi connectivity index (χ0v) is 9.86. The highest BCUT2D eigenvalue weighted by Gasteiger charge is 2.08. The van der Waals surface area contributed by atoms with E-state index in [9.17, 15) is 0 Å². The summed E-state index contributed by atoms with van der Waals surface area (Å²) in [5, 5.41) is 3.42. The summed E-state index contributed by atoms with van der Waals surface area (Å²) in [5.41, 5.74) is 0. The van der Waals surface area contributed by atoms with Gasteiger partial charge >= 0.3 is 0 Å². The van der Waals surface area contributed by atoms with E-state index in [4.69, 9.17) is 4.74 Å². The van der Waals surface area contributed by atoms with Crippen LogP contribution in [-0.4, -0.2) is 29.3 Å². The summed E-state index contributed by atoms with van der Waals surface area (Å²) in [6.45, 7) is 6.74. The molecule has 1 rings (SSSR count). The second kappa shape index (κ2) is 6.58. The third-order valence-corrected chi connectivity index (χ3v) is 2.37. The Balaban J connectivity index is 2.19. The van der Waals surface area contributed by atoms with Gasteiger partial charge in [0.25, 0.3) is 0 Å². The van der Waals surface area contributed by atoms with Gasteiger partial charge in [-0.2, -0.15) is 0 Å². The highest BCUT2D eigenvalue weighted by molar-refractivity contribution is 4.96. The SMILES string of the molecule is CCOCCCNC(C)c1nccn1C. The molecule has 0 radical (unpaired) electrons. The van der Waals surface area contributed by atoms with Gasteiger partial charge in [-0.1, -0.05) is 0 Å². The smallest absolute Gasteiger partial charge is 0.125 e. The van der Waals surface area contributed by atoms with Crippen LogP contribution in [0.25, 0.3) is 0 Å². The first-order valence-electron chi connectivity index (χ1n) is 5.54. The Morgan fingerprint density at radius 3 is 3.00 bits per heavy atom. The van der Waals surface area contributed by atoms with Crippen molar-refractivity contribution in [3.05, 3.63) is 18.2 Å². The summed E-state index contributed by atoms with van der Waals surface area (Å²) in [7, 11) is 2.01. The normalized spacial score (nSPS) is 13.0. The molecule has 0 aliphatic rings. The van der Waals surface area contributed by atoms with Crippen molar-refractivity contribution in [2.45, 2.75) is 26.3 Å². The van der Waals surface area contributed by atoms with Crippen molar-refractivity contribution in [2.75, 3.05) is 19.8 Å². The number of ether oxygens (including phenoxy) is 1. The van der Waals surface area contributed by atoms with Gasteiger partial charge in [-0.3, -0.25) is 0 Å². The molecule has 0 bridgehead atoms. The number of rotatable bonds is 7. The van der Waals surface area contributed by atoms with Crippen LogP contribution in [0.15, 0.2) is 12.4 Å². The van der Waals surface area contributed by atoms with Crippen LogP contribution in [0.1, 0.15) is 32.1 Å². The molecule has 0 aliphatic heterocycles. The third-order valence-electron chi connectivity index (χ3n) is 2.37. The zero-order valence-electron chi connectivity index (χ0n) is 9.86. The van der Waals surface area contributed by atoms with Gasteiger partial charge in [0.1, 0.15) is 5.82 Å². The molecule has 4 heteroatoms. The molecule has 1 heterocycles. The van der Waals surface area contributed by atoms with Crippen molar-refractivity contribution >= 4 is 0 Å². The largest absolute Gasteiger partial charge is 0.382 e. The Morgan fingerprint density at radius 2 is 2.40 bits per heavy atom. The van der Waals surface area contributed by atoms with E-state index < -0.39 is 0 Å². The van der Waals surface area contributed by atoms with E-state index in [1.807, 2.05) is 30.9 Å². The van der Waals surface area contributed by atoms with Crippen molar-refractivity contribution in [2.24, 2.45) is 7.05 Å². The quantitative estimate of drug-likeness (QED) is 0.695. The molecule has 1 N–H and O–H groups in total. The fourth-order valence-corrected chi connectivity index (χ4v) is 1.52. The van der Waals surface area contributed by atoms with Crippen molar-refractivity contribution in [3.8, 4) is 0 Å². The fourth-order valence-electron chi connectivity index (χ4n) is 1.52. The number of aryl methyl sites for hydroxylation is 1. The molecule has 1 aromatic heterocycles. The lowest BCUT2D eigenvalue weighted by Crippen LogP contribution is -2.23. The van der Waals surface area contributed by atoms with Crippen LogP contribution in [0.3, 0.4) is 0 Å². The molecule has 86 valence electrons. The summed E-state index contributed by atoms with van der Waals surface area (Å²) in [6, 6.07) is 0.298. The monoisotopic (exact) mass is 211 g/mol. The lowest BCUT2D eigenvalue weighted by Gasteiger charge is -2.13. The summed E-state index contributed by atoms with van der Waals surface area (Å²) in [6.07, 6.45) is 4.84. The number of nitrogens with one attached hydrogen (secondary N) is 1. The number of imidazole rings is 1. The summed E-state index contributed by atoms with van der Waals surface area (Å²) in [5.74, 6) is 1.08. The van der Waals surface area contributed by atoms with Crippen LogP contribution in [0, 0.1) is 0 Å². The summed E-state index contributed by atoms with van der Waals surface area (Å²) in [4.78, 5) is 4.30. The Morgan fingerprint density at radius 1 is 1.60 bits per heavy atom. The molecule has 1 unspecified atom stereocenters. The lowest BCUT2D eigenvalue weighted by atomic mass is 10.3. The average molecular weight is 211 g/mol. The fraction of sp³-hybridized carbons (Fsp3) is 0.727. The van der Waals surface area contributed by atoms with Gasteiger partial charge in [0.05, 0.1) is 6.04 Å². The minimum Gasteiger partial charge on any atom is -0.382 e. The first-order chi connectivity index (χ1) is 7.25. The van der Waals surface area contributed by atoms with Gasteiger partial charge < -0.3 is 14.6 Å². The average Bonchev–Trinajstić information content (AvgIpc) is 2.64. The summed E-state index contributed by atoms with van der Waals surface area (Å²) >= 11 is 0. The Labute approximate surface area is 91.7 Å². The van der Waals surface area contributed by atoms with Gasteiger partial charge in [-0.05, 0) is 26.8 Å². The molecular formula is C11H21N3O. The van der Waals surface area contributed by atoms with Crippen molar-refractivity contribution in [1.82, 2.24) is 14.9 Å². The zero-order chi connectivity index (χ0) is 11.1.